The van der Waals surface area contributed by atoms with Crippen LogP contribution in [-0.2, 0) is 11.2 Å². The van der Waals surface area contributed by atoms with Crippen LogP contribution < -0.4 is 5.32 Å². The second-order valence-corrected chi connectivity index (χ2v) is 3.96. The van der Waals surface area contributed by atoms with Crippen molar-refractivity contribution >= 4 is 5.91 Å². The van der Waals surface area contributed by atoms with Crippen LogP contribution in [0.4, 0.5) is 4.39 Å². The van der Waals surface area contributed by atoms with E-state index in [1.165, 1.54) is 12.1 Å². The molecule has 1 aliphatic heterocycles. The SMILES string of the molecule is O=C1NCCC[C@@H]1Cc1cccc(F)c1. The fourth-order valence-electron chi connectivity index (χ4n) is 1.98. The van der Waals surface area contributed by atoms with Gasteiger partial charge in [0.2, 0.25) is 5.91 Å². The summed E-state index contributed by atoms with van der Waals surface area (Å²) in [5.41, 5.74) is 0.900. The lowest BCUT2D eigenvalue weighted by molar-refractivity contribution is -0.126. The normalized spacial score (nSPS) is 21.1. The minimum absolute atomic E-state index is 0.0144. The topological polar surface area (TPSA) is 29.1 Å². The van der Waals surface area contributed by atoms with Crippen LogP contribution in [0.15, 0.2) is 24.3 Å². The van der Waals surface area contributed by atoms with Crippen molar-refractivity contribution in [2.45, 2.75) is 19.3 Å². The number of rotatable bonds is 2. The quantitative estimate of drug-likeness (QED) is 0.788. The molecule has 1 aromatic carbocycles. The van der Waals surface area contributed by atoms with Crippen LogP contribution in [-0.4, -0.2) is 12.5 Å². The van der Waals surface area contributed by atoms with Gasteiger partial charge in [0.25, 0.3) is 0 Å². The summed E-state index contributed by atoms with van der Waals surface area (Å²) in [5.74, 6) is -0.116. The molecule has 0 unspecified atom stereocenters. The molecule has 1 amide bonds. The van der Waals surface area contributed by atoms with Crippen molar-refractivity contribution < 1.29 is 9.18 Å². The maximum Gasteiger partial charge on any atom is 0.223 e. The molecule has 0 aliphatic carbocycles. The third kappa shape index (κ3) is 2.55. The third-order valence-electron chi connectivity index (χ3n) is 2.77. The van der Waals surface area contributed by atoms with E-state index in [1.54, 1.807) is 6.07 Å². The minimum atomic E-state index is -0.233. The lowest BCUT2D eigenvalue weighted by Crippen LogP contribution is -2.37. The Hall–Kier alpha value is -1.38. The molecule has 0 radical (unpaired) electrons. The standard InChI is InChI=1S/C12H14FNO/c13-11-5-1-3-9(8-11)7-10-4-2-6-14-12(10)15/h1,3,5,8,10H,2,4,6-7H2,(H,14,15)/t10-/m1/s1. The Morgan fingerprint density at radius 3 is 3.07 bits per heavy atom. The minimum Gasteiger partial charge on any atom is -0.356 e. The van der Waals surface area contributed by atoms with E-state index in [0.717, 1.165) is 24.9 Å². The molecule has 2 rings (SSSR count). The van der Waals surface area contributed by atoms with Gasteiger partial charge in [-0.1, -0.05) is 12.1 Å². The summed E-state index contributed by atoms with van der Waals surface area (Å²) in [5, 5.41) is 2.83. The van der Waals surface area contributed by atoms with Gasteiger partial charge in [-0.05, 0) is 37.0 Å². The molecule has 0 bridgehead atoms. The Morgan fingerprint density at radius 1 is 1.47 bits per heavy atom. The van der Waals surface area contributed by atoms with Gasteiger partial charge in [0.1, 0.15) is 5.82 Å². The first kappa shape index (κ1) is 10.1. The van der Waals surface area contributed by atoms with Crippen LogP contribution in [0.2, 0.25) is 0 Å². The number of amides is 1. The molecule has 0 spiro atoms. The summed E-state index contributed by atoms with van der Waals surface area (Å²) in [4.78, 5) is 11.5. The van der Waals surface area contributed by atoms with E-state index in [2.05, 4.69) is 5.32 Å². The first-order valence-corrected chi connectivity index (χ1v) is 5.28. The van der Waals surface area contributed by atoms with Gasteiger partial charge in [-0.3, -0.25) is 4.79 Å². The van der Waals surface area contributed by atoms with Gasteiger partial charge < -0.3 is 5.32 Å². The van der Waals surface area contributed by atoms with E-state index in [0.29, 0.717) is 6.42 Å². The van der Waals surface area contributed by atoms with Crippen LogP contribution in [0.5, 0.6) is 0 Å². The van der Waals surface area contributed by atoms with Crippen LogP contribution in [0, 0.1) is 11.7 Å². The molecule has 1 aliphatic rings. The molecule has 2 nitrogen and oxygen atoms in total. The van der Waals surface area contributed by atoms with E-state index >= 15 is 0 Å². The van der Waals surface area contributed by atoms with E-state index in [1.807, 2.05) is 6.07 Å². The Bertz CT molecular complexity index is 364. The van der Waals surface area contributed by atoms with Crippen molar-refractivity contribution in [3.05, 3.63) is 35.6 Å². The summed E-state index contributed by atoms with van der Waals surface area (Å²) in [7, 11) is 0. The van der Waals surface area contributed by atoms with Crippen molar-refractivity contribution in [1.82, 2.24) is 5.32 Å². The van der Waals surface area contributed by atoms with Crippen LogP contribution in [0.1, 0.15) is 18.4 Å². The van der Waals surface area contributed by atoms with E-state index in [9.17, 15) is 9.18 Å². The summed E-state index contributed by atoms with van der Waals surface area (Å²) in [6.45, 7) is 0.776. The molecule has 15 heavy (non-hydrogen) atoms. The fourth-order valence-corrected chi connectivity index (χ4v) is 1.98. The Kier molecular flexibility index (Phi) is 2.99. The van der Waals surface area contributed by atoms with Gasteiger partial charge in [-0.15, -0.1) is 0 Å². The summed E-state index contributed by atoms with van der Waals surface area (Å²) in [6, 6.07) is 6.47. The molecule has 1 saturated heterocycles. The molecular weight excluding hydrogens is 193 g/mol. The molecule has 1 aromatic rings. The number of piperidine rings is 1. The number of halogens is 1. The van der Waals surface area contributed by atoms with Gasteiger partial charge in [0.15, 0.2) is 0 Å². The van der Waals surface area contributed by atoms with E-state index < -0.39 is 0 Å². The molecule has 80 valence electrons. The molecule has 0 aromatic heterocycles. The second kappa shape index (κ2) is 4.43. The van der Waals surface area contributed by atoms with Crippen molar-refractivity contribution in [3.63, 3.8) is 0 Å². The number of carbonyl (C=O) groups is 1. The van der Waals surface area contributed by atoms with Crippen molar-refractivity contribution in [2.24, 2.45) is 5.92 Å². The number of carbonyl (C=O) groups excluding carboxylic acids is 1. The highest BCUT2D eigenvalue weighted by molar-refractivity contribution is 5.79. The summed E-state index contributed by atoms with van der Waals surface area (Å²) in [6.07, 6.45) is 2.57. The highest BCUT2D eigenvalue weighted by Gasteiger charge is 2.21. The monoisotopic (exact) mass is 207 g/mol. The zero-order valence-electron chi connectivity index (χ0n) is 8.50. The first-order valence-electron chi connectivity index (χ1n) is 5.28. The largest absolute Gasteiger partial charge is 0.356 e. The predicted molar refractivity (Wildman–Crippen MR) is 55.8 cm³/mol. The fraction of sp³-hybridized carbons (Fsp3) is 0.417. The zero-order valence-corrected chi connectivity index (χ0v) is 8.50. The maximum absolute atomic E-state index is 12.9. The molecule has 1 heterocycles. The number of hydrogen-bond acceptors (Lipinski definition) is 1. The van der Waals surface area contributed by atoms with E-state index in [4.69, 9.17) is 0 Å². The summed E-state index contributed by atoms with van der Waals surface area (Å²) >= 11 is 0. The smallest absolute Gasteiger partial charge is 0.223 e. The second-order valence-electron chi connectivity index (χ2n) is 3.96. The summed E-state index contributed by atoms with van der Waals surface area (Å²) < 4.78 is 12.9. The van der Waals surface area contributed by atoms with Crippen LogP contribution in [0.3, 0.4) is 0 Å². The molecule has 1 atom stereocenters. The van der Waals surface area contributed by atoms with Crippen molar-refractivity contribution in [1.29, 1.82) is 0 Å². The zero-order chi connectivity index (χ0) is 10.7. The Balaban J connectivity index is 2.04. The van der Waals surface area contributed by atoms with Crippen molar-refractivity contribution in [3.8, 4) is 0 Å². The Labute approximate surface area is 88.5 Å². The molecule has 0 saturated carbocycles. The predicted octanol–water partition coefficient (Wildman–Crippen LogP) is 1.89. The number of nitrogens with one attached hydrogen (secondary N) is 1. The molecule has 1 N–H and O–H groups in total. The lowest BCUT2D eigenvalue weighted by Gasteiger charge is -2.21. The van der Waals surface area contributed by atoms with Gasteiger partial charge in [0.05, 0.1) is 0 Å². The molecule has 1 fully saturated rings. The van der Waals surface area contributed by atoms with Gasteiger partial charge >= 0.3 is 0 Å². The average molecular weight is 207 g/mol. The van der Waals surface area contributed by atoms with Gasteiger partial charge in [-0.2, -0.15) is 0 Å². The maximum atomic E-state index is 12.9. The molecule has 3 heteroatoms. The lowest BCUT2D eigenvalue weighted by atomic mass is 9.91. The highest BCUT2D eigenvalue weighted by atomic mass is 19.1. The third-order valence-corrected chi connectivity index (χ3v) is 2.77. The van der Waals surface area contributed by atoms with E-state index in [-0.39, 0.29) is 17.6 Å². The number of hydrogen-bond donors (Lipinski definition) is 1. The van der Waals surface area contributed by atoms with Crippen LogP contribution in [0.25, 0.3) is 0 Å². The average Bonchev–Trinajstić information content (AvgIpc) is 2.22. The number of benzene rings is 1. The van der Waals surface area contributed by atoms with Crippen molar-refractivity contribution in [2.75, 3.05) is 6.54 Å². The first-order chi connectivity index (χ1) is 7.25. The molecular formula is C12H14FNO. The van der Waals surface area contributed by atoms with Gasteiger partial charge in [-0.25, -0.2) is 4.39 Å². The highest BCUT2D eigenvalue weighted by Crippen LogP contribution is 2.17. The van der Waals surface area contributed by atoms with Gasteiger partial charge in [0, 0.05) is 12.5 Å². The Morgan fingerprint density at radius 2 is 2.33 bits per heavy atom. The van der Waals surface area contributed by atoms with Crippen LogP contribution >= 0.6 is 0 Å².